The van der Waals surface area contributed by atoms with Gasteiger partial charge in [-0.1, -0.05) is 42.5 Å². The number of halogens is 1. The first kappa shape index (κ1) is 26.1. The molecule has 0 aliphatic heterocycles. The number of sulfone groups is 1. The van der Waals surface area contributed by atoms with Crippen molar-refractivity contribution in [2.45, 2.75) is 25.5 Å². The second kappa shape index (κ2) is 12.8. The van der Waals surface area contributed by atoms with E-state index in [1.54, 1.807) is 42.3 Å². The minimum atomic E-state index is -3.33. The standard InChI is InChI=1S/C23H30FN3O5S/c1-27(21-12-7-6-11-19(21)24)15-8-14-25-22(28)20(13-16-33(2,30)31)26-23(29)32-17-18-9-4-3-5-10-18/h3-7,9-12,20H,8,13-17H2,1-2H3,(H,25,28)(H,26,29). The van der Waals surface area contributed by atoms with Gasteiger partial charge in [0.25, 0.3) is 0 Å². The molecule has 0 bridgehead atoms. The molecule has 0 aliphatic rings. The third-order valence-corrected chi connectivity index (χ3v) is 5.81. The molecule has 1 atom stereocenters. The van der Waals surface area contributed by atoms with Crippen molar-refractivity contribution in [2.75, 3.05) is 37.0 Å². The molecule has 2 aromatic rings. The number of ether oxygens (including phenoxy) is 1. The van der Waals surface area contributed by atoms with Crippen LogP contribution in [0.2, 0.25) is 0 Å². The van der Waals surface area contributed by atoms with Crippen molar-refractivity contribution in [3.05, 3.63) is 66.0 Å². The summed E-state index contributed by atoms with van der Waals surface area (Å²) in [6.45, 7) is 0.783. The average molecular weight is 480 g/mol. The number of nitrogens with one attached hydrogen (secondary N) is 2. The molecule has 0 radical (unpaired) electrons. The minimum absolute atomic E-state index is 0.0233. The van der Waals surface area contributed by atoms with Crippen molar-refractivity contribution in [1.29, 1.82) is 0 Å². The zero-order chi connectivity index (χ0) is 24.3. The summed E-state index contributed by atoms with van der Waals surface area (Å²) >= 11 is 0. The molecule has 0 aliphatic carbocycles. The maximum absolute atomic E-state index is 13.8. The fourth-order valence-electron chi connectivity index (χ4n) is 3.04. The van der Waals surface area contributed by atoms with Crippen LogP contribution in [0.3, 0.4) is 0 Å². The number of hydrogen-bond donors (Lipinski definition) is 2. The van der Waals surface area contributed by atoms with Crippen LogP contribution in [0.1, 0.15) is 18.4 Å². The van der Waals surface area contributed by atoms with Crippen molar-refractivity contribution >= 4 is 27.5 Å². The van der Waals surface area contributed by atoms with Crippen LogP contribution in [0.15, 0.2) is 54.6 Å². The van der Waals surface area contributed by atoms with Gasteiger partial charge in [-0.3, -0.25) is 4.79 Å². The minimum Gasteiger partial charge on any atom is -0.445 e. The number of para-hydroxylation sites is 1. The van der Waals surface area contributed by atoms with Crippen molar-refractivity contribution in [1.82, 2.24) is 10.6 Å². The van der Waals surface area contributed by atoms with Gasteiger partial charge < -0.3 is 20.3 Å². The van der Waals surface area contributed by atoms with Crippen LogP contribution >= 0.6 is 0 Å². The summed E-state index contributed by atoms with van der Waals surface area (Å²) < 4.78 is 42.1. The first-order chi connectivity index (χ1) is 15.7. The van der Waals surface area contributed by atoms with Gasteiger partial charge in [-0.05, 0) is 30.5 Å². The lowest BCUT2D eigenvalue weighted by molar-refractivity contribution is -0.123. The molecule has 0 spiro atoms. The number of anilines is 1. The fraction of sp³-hybridized carbons (Fsp3) is 0.391. The van der Waals surface area contributed by atoms with Gasteiger partial charge in [-0.25, -0.2) is 17.6 Å². The van der Waals surface area contributed by atoms with E-state index in [1.807, 2.05) is 18.2 Å². The van der Waals surface area contributed by atoms with Gasteiger partial charge >= 0.3 is 6.09 Å². The monoisotopic (exact) mass is 479 g/mol. The quantitative estimate of drug-likeness (QED) is 0.453. The largest absolute Gasteiger partial charge is 0.445 e. The molecule has 10 heteroatoms. The van der Waals surface area contributed by atoms with Crippen LogP contribution in [0, 0.1) is 5.82 Å². The number of nitrogens with zero attached hydrogens (tertiary/aromatic N) is 1. The highest BCUT2D eigenvalue weighted by molar-refractivity contribution is 7.90. The third-order valence-electron chi connectivity index (χ3n) is 4.83. The predicted octanol–water partition coefficient (Wildman–Crippen LogP) is 2.50. The summed E-state index contributed by atoms with van der Waals surface area (Å²) in [5.74, 6) is -1.10. The SMILES string of the molecule is CN(CCCNC(=O)C(CCS(C)(=O)=O)NC(=O)OCc1ccccc1)c1ccccc1F. The van der Waals surface area contributed by atoms with Crippen LogP contribution in [0.5, 0.6) is 0 Å². The Morgan fingerprint density at radius 1 is 1.09 bits per heavy atom. The summed E-state index contributed by atoms with van der Waals surface area (Å²) in [6, 6.07) is 14.4. The van der Waals surface area contributed by atoms with E-state index >= 15 is 0 Å². The molecule has 33 heavy (non-hydrogen) atoms. The van der Waals surface area contributed by atoms with Crippen LogP contribution in [0.25, 0.3) is 0 Å². The lowest BCUT2D eigenvalue weighted by Gasteiger charge is -2.21. The van der Waals surface area contributed by atoms with Gasteiger partial charge in [0.1, 0.15) is 28.3 Å². The molecule has 0 saturated heterocycles. The van der Waals surface area contributed by atoms with Gasteiger partial charge in [-0.2, -0.15) is 0 Å². The highest BCUT2D eigenvalue weighted by Crippen LogP contribution is 2.16. The Bertz CT molecular complexity index is 1020. The summed E-state index contributed by atoms with van der Waals surface area (Å²) in [4.78, 5) is 26.5. The lowest BCUT2D eigenvalue weighted by atomic mass is 10.2. The van der Waals surface area contributed by atoms with Crippen molar-refractivity contribution in [2.24, 2.45) is 0 Å². The van der Waals surface area contributed by atoms with E-state index in [9.17, 15) is 22.4 Å². The first-order valence-corrected chi connectivity index (χ1v) is 12.6. The van der Waals surface area contributed by atoms with E-state index in [4.69, 9.17) is 4.74 Å². The highest BCUT2D eigenvalue weighted by Gasteiger charge is 2.23. The predicted molar refractivity (Wildman–Crippen MR) is 125 cm³/mol. The second-order valence-electron chi connectivity index (χ2n) is 7.69. The van der Waals surface area contributed by atoms with E-state index < -0.39 is 27.9 Å². The van der Waals surface area contributed by atoms with Gasteiger partial charge in [0.15, 0.2) is 0 Å². The van der Waals surface area contributed by atoms with Crippen molar-refractivity contribution < 1.29 is 27.1 Å². The molecule has 0 aromatic heterocycles. The van der Waals surface area contributed by atoms with E-state index in [1.165, 1.54) is 6.07 Å². The summed E-state index contributed by atoms with van der Waals surface area (Å²) in [7, 11) is -1.58. The number of alkyl carbamates (subject to hydrolysis) is 1. The molecule has 8 nitrogen and oxygen atoms in total. The molecular weight excluding hydrogens is 449 g/mol. The molecule has 2 aromatic carbocycles. The Balaban J connectivity index is 1.84. The van der Waals surface area contributed by atoms with Crippen LogP contribution in [-0.2, 0) is 26.0 Å². The van der Waals surface area contributed by atoms with E-state index in [0.29, 0.717) is 18.7 Å². The smallest absolute Gasteiger partial charge is 0.408 e. The van der Waals surface area contributed by atoms with Gasteiger partial charge in [0, 0.05) is 26.4 Å². The maximum Gasteiger partial charge on any atom is 0.408 e. The van der Waals surface area contributed by atoms with Crippen molar-refractivity contribution in [3.63, 3.8) is 0 Å². The molecule has 0 saturated carbocycles. The molecule has 1 unspecified atom stereocenters. The topological polar surface area (TPSA) is 105 Å². The lowest BCUT2D eigenvalue weighted by Crippen LogP contribution is -2.48. The molecule has 2 N–H and O–H groups in total. The number of amides is 2. The molecular formula is C23H30FN3O5S. The molecule has 2 rings (SSSR count). The fourth-order valence-corrected chi connectivity index (χ4v) is 3.70. The Kier molecular flexibility index (Phi) is 10.1. The number of benzene rings is 2. The molecule has 180 valence electrons. The highest BCUT2D eigenvalue weighted by atomic mass is 32.2. The normalized spacial score (nSPS) is 12.0. The number of carbonyl (C=O) groups is 2. The number of rotatable bonds is 12. The van der Waals surface area contributed by atoms with Gasteiger partial charge in [0.05, 0.1) is 11.4 Å². The first-order valence-electron chi connectivity index (χ1n) is 10.5. The Hall–Kier alpha value is -3.14. The van der Waals surface area contributed by atoms with Gasteiger partial charge in [-0.15, -0.1) is 0 Å². The Morgan fingerprint density at radius 2 is 1.76 bits per heavy atom. The van der Waals surface area contributed by atoms with E-state index in [2.05, 4.69) is 10.6 Å². The molecule has 0 heterocycles. The second-order valence-corrected chi connectivity index (χ2v) is 9.95. The Morgan fingerprint density at radius 3 is 2.42 bits per heavy atom. The zero-order valence-electron chi connectivity index (χ0n) is 18.8. The van der Waals surface area contributed by atoms with Gasteiger partial charge in [0.2, 0.25) is 5.91 Å². The summed E-state index contributed by atoms with van der Waals surface area (Å²) in [5, 5.41) is 5.14. The zero-order valence-corrected chi connectivity index (χ0v) is 19.6. The van der Waals surface area contributed by atoms with Crippen LogP contribution in [0.4, 0.5) is 14.9 Å². The Labute approximate surface area is 194 Å². The summed E-state index contributed by atoms with van der Waals surface area (Å²) in [6.07, 6.45) is 0.689. The van der Waals surface area contributed by atoms with Crippen LogP contribution in [-0.4, -0.2) is 58.6 Å². The third kappa shape index (κ3) is 9.90. The average Bonchev–Trinajstić information content (AvgIpc) is 2.78. The summed E-state index contributed by atoms with van der Waals surface area (Å²) in [5.41, 5.74) is 1.24. The number of carbonyl (C=O) groups excluding carboxylic acids is 2. The molecule has 0 fully saturated rings. The van der Waals surface area contributed by atoms with E-state index in [-0.39, 0.29) is 31.1 Å². The van der Waals surface area contributed by atoms with Crippen molar-refractivity contribution in [3.8, 4) is 0 Å². The molecule has 2 amide bonds. The van der Waals surface area contributed by atoms with E-state index in [0.717, 1.165) is 11.8 Å². The maximum atomic E-state index is 13.8. The van der Waals surface area contributed by atoms with Crippen LogP contribution < -0.4 is 15.5 Å². The number of hydrogen-bond acceptors (Lipinski definition) is 6.